The van der Waals surface area contributed by atoms with Gasteiger partial charge in [0.1, 0.15) is 0 Å². The summed E-state index contributed by atoms with van der Waals surface area (Å²) in [5.41, 5.74) is 14.2. The Hall–Kier alpha value is -6.88. The molecule has 8 heteroatoms. The number of rotatable bonds is 13. The van der Waals surface area contributed by atoms with Gasteiger partial charge in [-0.25, -0.2) is 0 Å². The van der Waals surface area contributed by atoms with Gasteiger partial charge in [-0.3, -0.25) is 0 Å². The van der Waals surface area contributed by atoms with E-state index in [-0.39, 0.29) is 10.8 Å². The van der Waals surface area contributed by atoms with E-state index in [0.29, 0.717) is 0 Å². The monoisotopic (exact) mass is 1090 g/mol. The van der Waals surface area contributed by atoms with E-state index in [9.17, 15) is 0 Å². The molecule has 0 aliphatic rings. The molecule has 0 N–H and O–H groups in total. The van der Waals surface area contributed by atoms with E-state index in [0.717, 1.165) is 34.1 Å². The topological polar surface area (TPSA) is 6.48 Å². The highest BCUT2D eigenvalue weighted by Crippen LogP contribution is 2.46. The molecule has 12 rings (SSSR count). The highest BCUT2D eigenvalue weighted by Gasteiger charge is 2.20. The van der Waals surface area contributed by atoms with E-state index in [1.54, 1.807) is 22.7 Å². The number of hydrogen-bond donors (Lipinski definition) is 0. The van der Waals surface area contributed by atoms with Crippen molar-refractivity contribution in [2.75, 3.05) is 9.80 Å². The van der Waals surface area contributed by atoms with E-state index in [2.05, 4.69) is 280 Å². The second-order valence-corrected chi connectivity index (χ2v) is 27.3. The number of anilines is 6. The van der Waals surface area contributed by atoms with Gasteiger partial charge >= 0.3 is 0 Å². The van der Waals surface area contributed by atoms with Crippen LogP contribution in [0.15, 0.2) is 229 Å². The summed E-state index contributed by atoms with van der Waals surface area (Å²) in [7, 11) is 0. The van der Waals surface area contributed by atoms with Crippen LogP contribution in [0.3, 0.4) is 0 Å². The zero-order valence-corrected chi connectivity index (χ0v) is 48.2. The predicted molar refractivity (Wildman–Crippen MR) is 339 cm³/mol. The first-order chi connectivity index (χ1) is 36.9. The SMILES string of the molecule is CC(C)(C)c1ccc(N(c2ccc(-c3ccc(N(c4ccc(-c5ccc(-c6ccc(-c7cccs7)s6)s5)cc4)c4ccc(C(C)(C)C)cc4)cc3)cc2)c2ccc(-c3ccc(-c4ccc(-c5cccs5)s4)s3)cc2)cc1. The van der Waals surface area contributed by atoms with Crippen LogP contribution in [0.2, 0.25) is 0 Å². The fourth-order valence-corrected chi connectivity index (χ4v) is 15.4. The van der Waals surface area contributed by atoms with Gasteiger partial charge in [0, 0.05) is 82.9 Å². The van der Waals surface area contributed by atoms with E-state index in [1.165, 1.54) is 82.2 Å². The van der Waals surface area contributed by atoms with Crippen LogP contribution in [0.1, 0.15) is 52.7 Å². The van der Waals surface area contributed by atoms with Gasteiger partial charge in [-0.15, -0.1) is 68.0 Å². The summed E-state index contributed by atoms with van der Waals surface area (Å²) in [6.45, 7) is 13.6. The van der Waals surface area contributed by atoms with Gasteiger partial charge < -0.3 is 9.80 Å². The Bertz CT molecular complexity index is 3580. The Balaban J connectivity index is 0.810. The fourth-order valence-electron chi connectivity index (χ4n) is 9.56. The first-order valence-corrected chi connectivity index (χ1v) is 30.6. The van der Waals surface area contributed by atoms with Gasteiger partial charge in [0.15, 0.2) is 0 Å². The van der Waals surface area contributed by atoms with Crippen molar-refractivity contribution in [2.45, 2.75) is 52.4 Å². The number of nitrogens with zero attached hydrogens (tertiary/aromatic N) is 2. The summed E-state index contributed by atoms with van der Waals surface area (Å²) >= 11 is 11.1. The van der Waals surface area contributed by atoms with Crippen molar-refractivity contribution in [2.24, 2.45) is 0 Å². The van der Waals surface area contributed by atoms with E-state index >= 15 is 0 Å². The molecular formula is C68H56N2S6. The van der Waals surface area contributed by atoms with Crippen LogP contribution in [-0.2, 0) is 10.8 Å². The lowest BCUT2D eigenvalue weighted by atomic mass is 9.87. The maximum absolute atomic E-state index is 2.37. The van der Waals surface area contributed by atoms with Crippen molar-refractivity contribution in [3.63, 3.8) is 0 Å². The number of hydrogen-bond acceptors (Lipinski definition) is 8. The summed E-state index contributed by atoms with van der Waals surface area (Å²) in [6, 6.07) is 81.1. The molecule has 0 radical (unpaired) electrons. The van der Waals surface area contributed by atoms with Crippen LogP contribution in [-0.4, -0.2) is 0 Å². The normalized spacial score (nSPS) is 11.8. The maximum Gasteiger partial charge on any atom is 0.0462 e. The van der Waals surface area contributed by atoms with Crippen molar-refractivity contribution in [3.05, 3.63) is 240 Å². The van der Waals surface area contributed by atoms with Crippen LogP contribution < -0.4 is 9.80 Å². The highest BCUT2D eigenvalue weighted by atomic mass is 32.1. The largest absolute Gasteiger partial charge is 0.311 e. The lowest BCUT2D eigenvalue weighted by Gasteiger charge is -2.27. The molecule has 0 amide bonds. The average molecular weight is 1090 g/mol. The second-order valence-electron chi connectivity index (χ2n) is 21.1. The third-order valence-electron chi connectivity index (χ3n) is 13.8. The van der Waals surface area contributed by atoms with Crippen LogP contribution in [0.25, 0.3) is 71.0 Å². The summed E-state index contributed by atoms with van der Waals surface area (Å²) < 4.78 is 0. The molecule has 6 aromatic carbocycles. The molecular weight excluding hydrogens is 1040 g/mol. The molecule has 0 spiro atoms. The van der Waals surface area contributed by atoms with Gasteiger partial charge in [-0.1, -0.05) is 126 Å². The Labute approximate surface area is 471 Å². The smallest absolute Gasteiger partial charge is 0.0462 e. The van der Waals surface area contributed by atoms with E-state index < -0.39 is 0 Å². The molecule has 0 fully saturated rings. The van der Waals surface area contributed by atoms with Gasteiger partial charge in [-0.2, -0.15) is 0 Å². The molecule has 0 saturated carbocycles. The minimum Gasteiger partial charge on any atom is -0.311 e. The van der Waals surface area contributed by atoms with Gasteiger partial charge in [-0.05, 0) is 188 Å². The third kappa shape index (κ3) is 10.5. The zero-order valence-electron chi connectivity index (χ0n) is 43.3. The standard InChI is InChI=1S/C68H56N2S6/c1-67(2,3)49-19-31-55(32-20-49)69(53-27-15-47(16-28-53)57-35-37-63(73-57)65-41-39-61(75-65)59-9-7-43-71-59)51-23-11-45(12-24-51)46-13-25-52(26-14-46)70(56-33-21-50(22-34-56)68(4,5)6)54-29-17-48(18-30-54)58-36-38-64(74-58)66-42-40-62(76-66)60-10-8-44-72-60/h7-44H,1-6H3. The Morgan fingerprint density at radius 2 is 0.474 bits per heavy atom. The molecule has 0 atom stereocenters. The summed E-state index contributed by atoms with van der Waals surface area (Å²) in [5.74, 6) is 0. The molecule has 0 aliphatic heterocycles. The molecule has 374 valence electrons. The Morgan fingerprint density at radius 3 is 0.737 bits per heavy atom. The van der Waals surface area contributed by atoms with Crippen molar-refractivity contribution < 1.29 is 0 Å². The van der Waals surface area contributed by atoms with Crippen LogP contribution in [0, 0.1) is 0 Å². The molecule has 0 bridgehead atoms. The quantitative estimate of drug-likeness (QED) is 0.114. The summed E-state index contributed by atoms with van der Waals surface area (Å²) in [4.78, 5) is 17.8. The van der Waals surface area contributed by atoms with Crippen LogP contribution in [0.5, 0.6) is 0 Å². The molecule has 0 saturated heterocycles. The van der Waals surface area contributed by atoms with Crippen molar-refractivity contribution in [1.29, 1.82) is 0 Å². The van der Waals surface area contributed by atoms with Gasteiger partial charge in [0.25, 0.3) is 0 Å². The first-order valence-electron chi connectivity index (χ1n) is 25.6. The second kappa shape index (κ2) is 20.9. The van der Waals surface area contributed by atoms with Gasteiger partial charge in [0.05, 0.1) is 0 Å². The van der Waals surface area contributed by atoms with Crippen molar-refractivity contribution >= 4 is 102 Å². The molecule has 6 aromatic heterocycles. The molecule has 0 unspecified atom stereocenters. The maximum atomic E-state index is 2.37. The zero-order chi connectivity index (χ0) is 52.0. The van der Waals surface area contributed by atoms with E-state index in [1.807, 2.05) is 45.3 Å². The van der Waals surface area contributed by atoms with Crippen molar-refractivity contribution in [1.82, 2.24) is 0 Å². The number of benzene rings is 6. The first kappa shape index (κ1) is 50.0. The minimum absolute atomic E-state index is 0.0599. The lowest BCUT2D eigenvalue weighted by Crippen LogP contribution is -2.13. The fraction of sp³-hybridized carbons (Fsp3) is 0.118. The molecule has 0 aliphatic carbocycles. The summed E-state index contributed by atoms with van der Waals surface area (Å²) in [5, 5.41) is 4.30. The predicted octanol–water partition coefficient (Wildman–Crippen LogP) is 23.3. The van der Waals surface area contributed by atoms with Crippen LogP contribution >= 0.6 is 68.0 Å². The molecule has 6 heterocycles. The third-order valence-corrected chi connectivity index (χ3v) is 20.8. The van der Waals surface area contributed by atoms with Gasteiger partial charge in [0.2, 0.25) is 0 Å². The van der Waals surface area contributed by atoms with Crippen LogP contribution in [0.4, 0.5) is 34.1 Å². The summed E-state index contributed by atoms with van der Waals surface area (Å²) in [6.07, 6.45) is 0. The lowest BCUT2D eigenvalue weighted by molar-refractivity contribution is 0.590. The van der Waals surface area contributed by atoms with Crippen molar-refractivity contribution in [3.8, 4) is 71.0 Å². The molecule has 2 nitrogen and oxygen atoms in total. The molecule has 76 heavy (non-hydrogen) atoms. The number of thiophene rings is 6. The Kier molecular flexibility index (Phi) is 13.8. The average Bonchev–Trinajstić information content (AvgIpc) is 4.30. The Morgan fingerprint density at radius 1 is 0.237 bits per heavy atom. The minimum atomic E-state index is 0.0599. The highest BCUT2D eigenvalue weighted by molar-refractivity contribution is 7.27. The van der Waals surface area contributed by atoms with E-state index in [4.69, 9.17) is 0 Å². The molecule has 12 aromatic rings.